The molecule has 1 aliphatic carbocycles. The summed E-state index contributed by atoms with van der Waals surface area (Å²) in [6, 6.07) is 11.0. The molecule has 1 saturated carbocycles. The minimum absolute atomic E-state index is 0.116. The van der Waals surface area contributed by atoms with Gasteiger partial charge in [0, 0.05) is 37.6 Å². The van der Waals surface area contributed by atoms with E-state index in [1.165, 1.54) is 37.7 Å². The van der Waals surface area contributed by atoms with E-state index in [0.717, 1.165) is 19.6 Å². The highest BCUT2D eigenvalue weighted by molar-refractivity contribution is 5.78. The van der Waals surface area contributed by atoms with Gasteiger partial charge >= 0.3 is 0 Å². The first-order chi connectivity index (χ1) is 11.7. The molecule has 24 heavy (non-hydrogen) atoms. The maximum atomic E-state index is 12.8. The highest BCUT2D eigenvalue weighted by atomic mass is 16.2. The van der Waals surface area contributed by atoms with E-state index in [-0.39, 0.29) is 11.9 Å². The van der Waals surface area contributed by atoms with Gasteiger partial charge in [0.1, 0.15) is 0 Å². The largest absolute Gasteiger partial charge is 0.339 e. The second-order valence-electron chi connectivity index (χ2n) is 7.35. The number of nitrogens with two attached hydrogens (primary N) is 1. The predicted molar refractivity (Wildman–Crippen MR) is 97.9 cm³/mol. The van der Waals surface area contributed by atoms with E-state index in [9.17, 15) is 4.79 Å². The van der Waals surface area contributed by atoms with E-state index in [2.05, 4.69) is 41.0 Å². The van der Waals surface area contributed by atoms with Crippen LogP contribution in [0.2, 0.25) is 0 Å². The third-order valence-corrected chi connectivity index (χ3v) is 5.70. The second kappa shape index (κ2) is 8.13. The summed E-state index contributed by atoms with van der Waals surface area (Å²) in [5.41, 5.74) is 7.65. The second-order valence-corrected chi connectivity index (χ2v) is 7.35. The minimum atomic E-state index is 0.116. The quantitative estimate of drug-likeness (QED) is 0.903. The highest BCUT2D eigenvalue weighted by Gasteiger charge is 2.33. The van der Waals surface area contributed by atoms with Crippen molar-refractivity contribution in [3.63, 3.8) is 0 Å². The van der Waals surface area contributed by atoms with Crippen LogP contribution in [-0.2, 0) is 4.79 Å². The van der Waals surface area contributed by atoms with E-state index in [0.29, 0.717) is 18.5 Å². The Hall–Kier alpha value is -1.39. The molecule has 0 aromatic heterocycles. The third kappa shape index (κ3) is 3.98. The van der Waals surface area contributed by atoms with E-state index in [1.807, 2.05) is 6.07 Å². The first-order valence-corrected chi connectivity index (χ1v) is 9.51. The van der Waals surface area contributed by atoms with Crippen molar-refractivity contribution < 1.29 is 4.79 Å². The summed E-state index contributed by atoms with van der Waals surface area (Å²) in [5.74, 6) is 0.620. The monoisotopic (exact) mass is 329 g/mol. The number of likely N-dealkylation sites (tertiary alicyclic amines) is 1. The molecule has 1 aromatic rings. The van der Waals surface area contributed by atoms with E-state index in [4.69, 9.17) is 5.73 Å². The van der Waals surface area contributed by atoms with Gasteiger partial charge in [-0.25, -0.2) is 0 Å². The maximum absolute atomic E-state index is 12.8. The summed E-state index contributed by atoms with van der Waals surface area (Å²) in [4.78, 5) is 17.2. The average molecular weight is 329 g/mol. The number of hydrogen-bond acceptors (Lipinski definition) is 3. The van der Waals surface area contributed by atoms with Crippen LogP contribution in [0.5, 0.6) is 0 Å². The predicted octanol–water partition coefficient (Wildman–Crippen LogP) is 2.59. The molecule has 2 fully saturated rings. The van der Waals surface area contributed by atoms with Crippen molar-refractivity contribution in [2.24, 2.45) is 5.73 Å². The number of rotatable bonds is 5. The lowest BCUT2D eigenvalue weighted by molar-refractivity contribution is -0.135. The van der Waals surface area contributed by atoms with Crippen molar-refractivity contribution in [2.75, 3.05) is 26.2 Å². The third-order valence-electron chi connectivity index (χ3n) is 5.70. The Labute approximate surface area is 146 Å². The smallest absolute Gasteiger partial charge is 0.236 e. The maximum Gasteiger partial charge on any atom is 0.236 e. The zero-order valence-electron chi connectivity index (χ0n) is 14.9. The lowest BCUT2D eigenvalue weighted by Gasteiger charge is -2.34. The zero-order chi connectivity index (χ0) is 16.9. The van der Waals surface area contributed by atoms with Gasteiger partial charge in [-0.15, -0.1) is 0 Å². The summed E-state index contributed by atoms with van der Waals surface area (Å²) < 4.78 is 0. The normalized spacial score (nSPS) is 25.8. The van der Waals surface area contributed by atoms with E-state index < -0.39 is 0 Å². The molecule has 0 bridgehead atoms. The van der Waals surface area contributed by atoms with Gasteiger partial charge in [0.15, 0.2) is 0 Å². The number of amides is 1. The van der Waals surface area contributed by atoms with E-state index >= 15 is 0 Å². The number of benzene rings is 1. The SMILES string of the molecule is CCN(C(=O)CN1C[C@@H](N)[C@H](c2ccccc2)C1)C1CCCCC1. The van der Waals surface area contributed by atoms with Crippen molar-refractivity contribution in [1.29, 1.82) is 0 Å². The number of hydrogen-bond donors (Lipinski definition) is 1. The van der Waals surface area contributed by atoms with Gasteiger partial charge in [-0.1, -0.05) is 49.6 Å². The summed E-state index contributed by atoms with van der Waals surface area (Å²) in [6.45, 7) is 5.15. The summed E-state index contributed by atoms with van der Waals surface area (Å²) in [7, 11) is 0. The molecular formula is C20H31N3O. The summed E-state index contributed by atoms with van der Waals surface area (Å²) in [6.07, 6.45) is 6.19. The lowest BCUT2D eigenvalue weighted by atomic mass is 9.94. The molecule has 4 heteroatoms. The Balaban J connectivity index is 1.58. The van der Waals surface area contributed by atoms with Crippen LogP contribution in [0.4, 0.5) is 0 Å². The van der Waals surface area contributed by atoms with Gasteiger partial charge in [-0.3, -0.25) is 9.69 Å². The Bertz CT molecular complexity index is 527. The van der Waals surface area contributed by atoms with Crippen molar-refractivity contribution in [3.8, 4) is 0 Å². The Kier molecular flexibility index (Phi) is 5.90. The Morgan fingerprint density at radius 1 is 1.17 bits per heavy atom. The van der Waals surface area contributed by atoms with Gasteiger partial charge in [0.05, 0.1) is 6.54 Å². The summed E-state index contributed by atoms with van der Waals surface area (Å²) >= 11 is 0. The van der Waals surface area contributed by atoms with Crippen molar-refractivity contribution in [3.05, 3.63) is 35.9 Å². The lowest BCUT2D eigenvalue weighted by Crippen LogP contribution is -2.46. The molecule has 1 amide bonds. The van der Waals surface area contributed by atoms with Crippen LogP contribution in [0.3, 0.4) is 0 Å². The van der Waals surface area contributed by atoms with Gasteiger partial charge in [-0.2, -0.15) is 0 Å². The molecule has 4 nitrogen and oxygen atoms in total. The van der Waals surface area contributed by atoms with Crippen LogP contribution in [-0.4, -0.2) is 54.0 Å². The van der Waals surface area contributed by atoms with Crippen LogP contribution in [0.15, 0.2) is 30.3 Å². The molecule has 3 rings (SSSR count). The Morgan fingerprint density at radius 3 is 2.54 bits per heavy atom. The molecule has 2 atom stereocenters. The highest BCUT2D eigenvalue weighted by Crippen LogP contribution is 2.27. The molecule has 2 N–H and O–H groups in total. The molecule has 1 aromatic carbocycles. The molecule has 2 aliphatic rings. The number of carbonyl (C=O) groups excluding carboxylic acids is 1. The van der Waals surface area contributed by atoms with Gasteiger partial charge in [0.2, 0.25) is 5.91 Å². The molecule has 1 saturated heterocycles. The first kappa shape index (κ1) is 17.4. The minimum Gasteiger partial charge on any atom is -0.339 e. The molecule has 0 spiro atoms. The molecule has 0 unspecified atom stereocenters. The fourth-order valence-electron chi connectivity index (χ4n) is 4.41. The van der Waals surface area contributed by atoms with Crippen LogP contribution in [0.25, 0.3) is 0 Å². The fraction of sp³-hybridized carbons (Fsp3) is 0.650. The van der Waals surface area contributed by atoms with Crippen molar-refractivity contribution >= 4 is 5.91 Å². The zero-order valence-corrected chi connectivity index (χ0v) is 14.9. The molecule has 132 valence electrons. The number of carbonyl (C=O) groups is 1. The standard InChI is InChI=1S/C20H31N3O/c1-2-23(17-11-7-4-8-12-17)20(24)15-22-13-18(19(21)14-22)16-9-5-3-6-10-16/h3,5-6,9-10,17-19H,2,4,7-8,11-15,21H2,1H3/t18-,19+/m0/s1. The first-order valence-electron chi connectivity index (χ1n) is 9.51. The van der Waals surface area contributed by atoms with E-state index in [1.54, 1.807) is 0 Å². The summed E-state index contributed by atoms with van der Waals surface area (Å²) in [5, 5.41) is 0. The molecular weight excluding hydrogens is 298 g/mol. The van der Waals surface area contributed by atoms with Crippen LogP contribution in [0.1, 0.15) is 50.5 Å². The Morgan fingerprint density at radius 2 is 1.88 bits per heavy atom. The van der Waals surface area contributed by atoms with Gasteiger partial charge < -0.3 is 10.6 Å². The van der Waals surface area contributed by atoms with Crippen LogP contribution < -0.4 is 5.73 Å². The average Bonchev–Trinajstić information content (AvgIpc) is 2.97. The van der Waals surface area contributed by atoms with Crippen molar-refractivity contribution in [1.82, 2.24) is 9.80 Å². The van der Waals surface area contributed by atoms with Gasteiger partial charge in [0.25, 0.3) is 0 Å². The van der Waals surface area contributed by atoms with Crippen LogP contribution in [0, 0.1) is 0 Å². The topological polar surface area (TPSA) is 49.6 Å². The van der Waals surface area contributed by atoms with Crippen molar-refractivity contribution in [2.45, 2.75) is 57.0 Å². The molecule has 0 radical (unpaired) electrons. The number of nitrogens with zero attached hydrogens (tertiary/aromatic N) is 2. The number of likely N-dealkylation sites (N-methyl/N-ethyl adjacent to an activating group) is 1. The molecule has 1 aliphatic heterocycles. The van der Waals surface area contributed by atoms with Gasteiger partial charge in [-0.05, 0) is 25.3 Å². The fourth-order valence-corrected chi connectivity index (χ4v) is 4.41. The van der Waals surface area contributed by atoms with Crippen LogP contribution >= 0.6 is 0 Å². The molecule has 1 heterocycles.